The van der Waals surface area contributed by atoms with E-state index < -0.39 is 0 Å². The lowest BCUT2D eigenvalue weighted by Gasteiger charge is -2.18. The van der Waals surface area contributed by atoms with Crippen molar-refractivity contribution in [3.63, 3.8) is 0 Å². The zero-order chi connectivity index (χ0) is 17.7. The van der Waals surface area contributed by atoms with Crippen molar-refractivity contribution in [3.05, 3.63) is 69.8 Å². The van der Waals surface area contributed by atoms with Crippen molar-refractivity contribution in [3.8, 4) is 0 Å². The predicted octanol–water partition coefficient (Wildman–Crippen LogP) is 5.03. The van der Waals surface area contributed by atoms with Gasteiger partial charge in [0.2, 0.25) is 5.91 Å². The van der Waals surface area contributed by atoms with E-state index in [-0.39, 0.29) is 11.9 Å². The summed E-state index contributed by atoms with van der Waals surface area (Å²) in [7, 11) is 0. The molecular formula is C21H27NOS. The third kappa shape index (κ3) is 4.88. The van der Waals surface area contributed by atoms with Crippen LogP contribution in [0.1, 0.15) is 46.3 Å². The van der Waals surface area contributed by atoms with Gasteiger partial charge in [-0.05, 0) is 68.0 Å². The van der Waals surface area contributed by atoms with Crippen LogP contribution >= 0.6 is 11.8 Å². The highest BCUT2D eigenvalue weighted by atomic mass is 32.2. The molecule has 1 atom stereocenters. The molecule has 0 saturated carbocycles. The third-order valence-electron chi connectivity index (χ3n) is 4.48. The van der Waals surface area contributed by atoms with Crippen LogP contribution in [0.3, 0.4) is 0 Å². The van der Waals surface area contributed by atoms with E-state index in [4.69, 9.17) is 0 Å². The Morgan fingerprint density at radius 2 is 1.67 bits per heavy atom. The summed E-state index contributed by atoms with van der Waals surface area (Å²) in [6, 6.07) is 12.8. The number of carbonyl (C=O) groups is 1. The first-order chi connectivity index (χ1) is 11.4. The number of thioether (sulfide) groups is 1. The number of aryl methyl sites for hydroxylation is 4. The summed E-state index contributed by atoms with van der Waals surface area (Å²) in [6.07, 6.45) is 0. The zero-order valence-corrected chi connectivity index (χ0v) is 16.1. The van der Waals surface area contributed by atoms with E-state index in [9.17, 15) is 4.79 Å². The van der Waals surface area contributed by atoms with E-state index in [0.29, 0.717) is 5.75 Å². The molecule has 0 spiro atoms. The van der Waals surface area contributed by atoms with Gasteiger partial charge in [-0.3, -0.25) is 4.79 Å². The lowest BCUT2D eigenvalue weighted by Crippen LogP contribution is -2.28. The fourth-order valence-corrected chi connectivity index (χ4v) is 3.75. The van der Waals surface area contributed by atoms with Crippen LogP contribution in [-0.4, -0.2) is 11.7 Å². The molecule has 2 aromatic rings. The summed E-state index contributed by atoms with van der Waals surface area (Å²) in [4.78, 5) is 12.2. The van der Waals surface area contributed by atoms with E-state index in [1.54, 1.807) is 11.8 Å². The van der Waals surface area contributed by atoms with Gasteiger partial charge in [-0.15, -0.1) is 11.8 Å². The first-order valence-corrected chi connectivity index (χ1v) is 9.53. The quantitative estimate of drug-likeness (QED) is 0.798. The molecule has 0 saturated heterocycles. The maximum absolute atomic E-state index is 12.2. The van der Waals surface area contributed by atoms with E-state index in [2.05, 4.69) is 64.2 Å². The Labute approximate surface area is 150 Å². The number of carbonyl (C=O) groups excluding carboxylic acids is 1. The van der Waals surface area contributed by atoms with Crippen molar-refractivity contribution in [2.24, 2.45) is 0 Å². The van der Waals surface area contributed by atoms with Crippen LogP contribution in [-0.2, 0) is 10.5 Å². The molecule has 3 heteroatoms. The highest BCUT2D eigenvalue weighted by Crippen LogP contribution is 2.22. The van der Waals surface area contributed by atoms with Gasteiger partial charge in [-0.25, -0.2) is 0 Å². The fraction of sp³-hybridized carbons (Fsp3) is 0.381. The topological polar surface area (TPSA) is 29.1 Å². The first-order valence-electron chi connectivity index (χ1n) is 8.38. The van der Waals surface area contributed by atoms with E-state index in [1.165, 1.54) is 33.4 Å². The molecule has 0 aliphatic rings. The Morgan fingerprint density at radius 3 is 2.38 bits per heavy atom. The molecule has 0 aliphatic carbocycles. The second kappa shape index (κ2) is 8.39. The number of benzene rings is 2. The van der Waals surface area contributed by atoms with Gasteiger partial charge in [0.05, 0.1) is 11.8 Å². The zero-order valence-electron chi connectivity index (χ0n) is 15.3. The molecule has 0 aromatic heterocycles. The van der Waals surface area contributed by atoms with Gasteiger partial charge in [0.15, 0.2) is 0 Å². The summed E-state index contributed by atoms with van der Waals surface area (Å²) in [6.45, 7) is 10.5. The second-order valence-electron chi connectivity index (χ2n) is 6.50. The molecular weight excluding hydrogens is 314 g/mol. The van der Waals surface area contributed by atoms with Crippen LogP contribution in [0.2, 0.25) is 0 Å². The first kappa shape index (κ1) is 18.6. The SMILES string of the molecule is Cc1cc(C)c([C@H](C)NC(=O)CSCc2ccccc2C)cc1C. The van der Waals surface area contributed by atoms with Crippen molar-refractivity contribution < 1.29 is 4.79 Å². The molecule has 0 bridgehead atoms. The van der Waals surface area contributed by atoms with Gasteiger partial charge in [-0.2, -0.15) is 0 Å². The molecule has 2 nitrogen and oxygen atoms in total. The Morgan fingerprint density at radius 1 is 1.00 bits per heavy atom. The average molecular weight is 342 g/mol. The largest absolute Gasteiger partial charge is 0.349 e. The number of amides is 1. The summed E-state index contributed by atoms with van der Waals surface area (Å²) in [5.74, 6) is 1.46. The second-order valence-corrected chi connectivity index (χ2v) is 7.49. The van der Waals surface area contributed by atoms with Gasteiger partial charge >= 0.3 is 0 Å². The number of hydrogen-bond acceptors (Lipinski definition) is 2. The van der Waals surface area contributed by atoms with Crippen molar-refractivity contribution in [2.75, 3.05) is 5.75 Å². The highest BCUT2D eigenvalue weighted by Gasteiger charge is 2.13. The van der Waals surface area contributed by atoms with Crippen molar-refractivity contribution in [2.45, 2.75) is 46.4 Å². The van der Waals surface area contributed by atoms with Gasteiger partial charge in [0, 0.05) is 5.75 Å². The van der Waals surface area contributed by atoms with Gasteiger partial charge in [0.25, 0.3) is 0 Å². The summed E-state index contributed by atoms with van der Waals surface area (Å²) in [5.41, 5.74) is 7.58. The minimum absolute atomic E-state index is 0.0378. The van der Waals surface area contributed by atoms with Crippen LogP contribution in [0.15, 0.2) is 36.4 Å². The minimum atomic E-state index is 0.0378. The van der Waals surface area contributed by atoms with E-state index >= 15 is 0 Å². The number of rotatable bonds is 6. The van der Waals surface area contributed by atoms with Crippen molar-refractivity contribution in [1.82, 2.24) is 5.32 Å². The molecule has 0 aliphatic heterocycles. The summed E-state index contributed by atoms with van der Waals surface area (Å²) >= 11 is 1.66. The predicted molar refractivity (Wildman–Crippen MR) is 105 cm³/mol. The lowest BCUT2D eigenvalue weighted by atomic mass is 9.96. The van der Waals surface area contributed by atoms with Crippen LogP contribution < -0.4 is 5.32 Å². The molecule has 2 aromatic carbocycles. The molecule has 1 amide bonds. The third-order valence-corrected chi connectivity index (χ3v) is 5.46. The van der Waals surface area contributed by atoms with E-state index in [0.717, 1.165) is 5.75 Å². The van der Waals surface area contributed by atoms with Gasteiger partial charge in [0.1, 0.15) is 0 Å². The monoisotopic (exact) mass is 341 g/mol. The average Bonchev–Trinajstić information content (AvgIpc) is 2.52. The van der Waals surface area contributed by atoms with E-state index in [1.807, 2.05) is 12.1 Å². The fourth-order valence-electron chi connectivity index (χ4n) is 2.84. The molecule has 0 heterocycles. The van der Waals surface area contributed by atoms with Crippen molar-refractivity contribution >= 4 is 17.7 Å². The maximum atomic E-state index is 12.2. The lowest BCUT2D eigenvalue weighted by molar-refractivity contribution is -0.119. The molecule has 1 N–H and O–H groups in total. The Kier molecular flexibility index (Phi) is 6.50. The van der Waals surface area contributed by atoms with Gasteiger partial charge in [-0.1, -0.05) is 36.4 Å². The number of nitrogens with one attached hydrogen (secondary N) is 1. The van der Waals surface area contributed by atoms with Crippen LogP contribution in [0.4, 0.5) is 0 Å². The van der Waals surface area contributed by atoms with Crippen LogP contribution in [0.25, 0.3) is 0 Å². The summed E-state index contributed by atoms with van der Waals surface area (Å²) in [5, 5.41) is 3.12. The highest BCUT2D eigenvalue weighted by molar-refractivity contribution is 7.99. The Bertz CT molecular complexity index is 724. The molecule has 0 unspecified atom stereocenters. The van der Waals surface area contributed by atoms with Crippen molar-refractivity contribution in [1.29, 1.82) is 0 Å². The Hall–Kier alpha value is -1.74. The summed E-state index contributed by atoms with van der Waals surface area (Å²) < 4.78 is 0. The molecule has 2 rings (SSSR count). The van der Waals surface area contributed by atoms with Crippen LogP contribution in [0, 0.1) is 27.7 Å². The van der Waals surface area contributed by atoms with Gasteiger partial charge < -0.3 is 5.32 Å². The Balaban J connectivity index is 1.88. The van der Waals surface area contributed by atoms with Crippen LogP contribution in [0.5, 0.6) is 0 Å². The molecule has 128 valence electrons. The molecule has 0 radical (unpaired) electrons. The standard InChI is InChI=1S/C21H27NOS/c1-14-8-6-7-9-19(14)12-24-13-21(23)22-18(5)20-11-16(3)15(2)10-17(20)4/h6-11,18H,12-13H2,1-5H3,(H,22,23)/t18-/m0/s1. The molecule has 0 fully saturated rings. The smallest absolute Gasteiger partial charge is 0.230 e. The maximum Gasteiger partial charge on any atom is 0.230 e. The normalized spacial score (nSPS) is 12.0. The molecule has 24 heavy (non-hydrogen) atoms. The number of hydrogen-bond donors (Lipinski definition) is 1. The minimum Gasteiger partial charge on any atom is -0.349 e.